The Morgan fingerprint density at radius 3 is 2.46 bits per heavy atom. The first-order valence-corrected chi connectivity index (χ1v) is 11.3. The van der Waals surface area contributed by atoms with Gasteiger partial charge in [-0.2, -0.15) is 0 Å². The normalized spacial score (nSPS) is 28.0. The summed E-state index contributed by atoms with van der Waals surface area (Å²) >= 11 is 0. The Kier molecular flexibility index (Phi) is 6.17. The summed E-state index contributed by atoms with van der Waals surface area (Å²) < 4.78 is 25.6. The van der Waals surface area contributed by atoms with Crippen LogP contribution in [0.25, 0.3) is 0 Å². The SMILES string of the molecule is O=C(O)CCCC=CC[C@H]1[C@H]2CC[C@H](C2)[C@H]1CS(=O)(=O)c1ccccc1. The van der Waals surface area contributed by atoms with Crippen LogP contribution in [0.2, 0.25) is 0 Å². The van der Waals surface area contributed by atoms with Crippen molar-refractivity contribution in [3.63, 3.8) is 0 Å². The van der Waals surface area contributed by atoms with Crippen LogP contribution in [0.15, 0.2) is 47.4 Å². The number of hydrogen-bond donors (Lipinski definition) is 1. The number of unbranched alkanes of at least 4 members (excludes halogenated alkanes) is 1. The fourth-order valence-corrected chi connectivity index (χ4v) is 6.67. The maximum atomic E-state index is 12.8. The highest BCUT2D eigenvalue weighted by Crippen LogP contribution is 2.54. The molecular weight excluding hydrogens is 348 g/mol. The third-order valence-corrected chi connectivity index (χ3v) is 7.94. The van der Waals surface area contributed by atoms with E-state index in [1.807, 2.05) is 6.07 Å². The Morgan fingerprint density at radius 2 is 1.77 bits per heavy atom. The molecule has 0 unspecified atom stereocenters. The van der Waals surface area contributed by atoms with Crippen LogP contribution in [0.3, 0.4) is 0 Å². The number of fused-ring (bicyclic) bond motifs is 2. The lowest BCUT2D eigenvalue weighted by Crippen LogP contribution is -2.29. The number of aliphatic carboxylic acids is 1. The maximum absolute atomic E-state index is 12.8. The average Bonchev–Trinajstić information content (AvgIpc) is 3.20. The van der Waals surface area contributed by atoms with Crippen LogP contribution in [-0.2, 0) is 14.6 Å². The predicted molar refractivity (Wildman–Crippen MR) is 102 cm³/mol. The van der Waals surface area contributed by atoms with E-state index in [2.05, 4.69) is 12.2 Å². The molecule has 1 N–H and O–H groups in total. The third-order valence-electron chi connectivity index (χ3n) is 6.13. The number of carboxylic acid groups (broad SMARTS) is 1. The van der Waals surface area contributed by atoms with Gasteiger partial charge in [-0.25, -0.2) is 8.42 Å². The van der Waals surface area contributed by atoms with Crippen molar-refractivity contribution in [1.82, 2.24) is 0 Å². The van der Waals surface area contributed by atoms with Crippen LogP contribution in [0.4, 0.5) is 0 Å². The van der Waals surface area contributed by atoms with Gasteiger partial charge >= 0.3 is 5.97 Å². The van der Waals surface area contributed by atoms with Gasteiger partial charge in [0.15, 0.2) is 9.84 Å². The van der Waals surface area contributed by atoms with Gasteiger partial charge < -0.3 is 5.11 Å². The van der Waals surface area contributed by atoms with E-state index in [0.717, 1.165) is 12.8 Å². The quantitative estimate of drug-likeness (QED) is 0.514. The van der Waals surface area contributed by atoms with Crippen LogP contribution < -0.4 is 0 Å². The van der Waals surface area contributed by atoms with Gasteiger partial charge in [0.25, 0.3) is 0 Å². The van der Waals surface area contributed by atoms with Gasteiger partial charge in [-0.1, -0.05) is 30.4 Å². The summed E-state index contributed by atoms with van der Waals surface area (Å²) in [5, 5.41) is 8.67. The van der Waals surface area contributed by atoms with Crippen molar-refractivity contribution in [3.05, 3.63) is 42.5 Å². The first kappa shape index (κ1) is 19.2. The van der Waals surface area contributed by atoms with Gasteiger partial charge in [0, 0.05) is 6.42 Å². The molecule has 2 aliphatic carbocycles. The Bertz CT molecular complexity index is 739. The van der Waals surface area contributed by atoms with Crippen LogP contribution in [0, 0.1) is 23.7 Å². The lowest BCUT2D eigenvalue weighted by molar-refractivity contribution is -0.137. The molecule has 0 heterocycles. The molecule has 142 valence electrons. The molecule has 0 aliphatic heterocycles. The van der Waals surface area contributed by atoms with Crippen molar-refractivity contribution in [2.75, 3.05) is 5.75 Å². The molecular formula is C21H28O4S. The van der Waals surface area contributed by atoms with E-state index in [1.165, 1.54) is 19.3 Å². The van der Waals surface area contributed by atoms with Crippen molar-refractivity contribution >= 4 is 15.8 Å². The van der Waals surface area contributed by atoms with Crippen molar-refractivity contribution < 1.29 is 18.3 Å². The molecule has 2 bridgehead atoms. The Morgan fingerprint density at radius 1 is 1.08 bits per heavy atom. The highest BCUT2D eigenvalue weighted by Gasteiger charge is 2.48. The molecule has 1 aromatic carbocycles. The summed E-state index contributed by atoms with van der Waals surface area (Å²) in [6, 6.07) is 8.80. The predicted octanol–water partition coefficient (Wildman–Crippen LogP) is 4.32. The second kappa shape index (κ2) is 8.38. The minimum Gasteiger partial charge on any atom is -0.481 e. The Labute approximate surface area is 156 Å². The molecule has 2 fully saturated rings. The highest BCUT2D eigenvalue weighted by molar-refractivity contribution is 7.91. The second-order valence-corrected chi connectivity index (χ2v) is 9.78. The molecule has 0 radical (unpaired) electrons. The maximum Gasteiger partial charge on any atom is 0.303 e. The molecule has 26 heavy (non-hydrogen) atoms. The number of sulfone groups is 1. The summed E-state index contributed by atoms with van der Waals surface area (Å²) in [5.41, 5.74) is 0. The molecule has 2 saturated carbocycles. The lowest BCUT2D eigenvalue weighted by atomic mass is 9.78. The summed E-state index contributed by atoms with van der Waals surface area (Å²) in [7, 11) is -3.24. The Hall–Kier alpha value is -1.62. The molecule has 1 aromatic rings. The molecule has 4 atom stereocenters. The zero-order chi connectivity index (χ0) is 18.6. The lowest BCUT2D eigenvalue weighted by Gasteiger charge is -2.30. The van der Waals surface area contributed by atoms with E-state index in [-0.39, 0.29) is 18.1 Å². The topological polar surface area (TPSA) is 71.4 Å². The molecule has 2 aliphatic rings. The molecule has 0 saturated heterocycles. The molecule has 0 aromatic heterocycles. The molecule has 0 amide bonds. The van der Waals surface area contributed by atoms with Crippen molar-refractivity contribution in [1.29, 1.82) is 0 Å². The first-order valence-electron chi connectivity index (χ1n) is 9.62. The number of rotatable bonds is 9. The van der Waals surface area contributed by atoms with E-state index in [1.54, 1.807) is 24.3 Å². The zero-order valence-electron chi connectivity index (χ0n) is 15.1. The van der Waals surface area contributed by atoms with Crippen LogP contribution in [0.1, 0.15) is 44.9 Å². The van der Waals surface area contributed by atoms with Crippen LogP contribution in [0.5, 0.6) is 0 Å². The van der Waals surface area contributed by atoms with E-state index < -0.39 is 15.8 Å². The van der Waals surface area contributed by atoms with Gasteiger partial charge in [0.1, 0.15) is 0 Å². The van der Waals surface area contributed by atoms with Gasteiger partial charge in [-0.15, -0.1) is 0 Å². The summed E-state index contributed by atoms with van der Waals surface area (Å²) in [5.74, 6) is 1.40. The first-order chi connectivity index (χ1) is 12.5. The van der Waals surface area contributed by atoms with Crippen molar-refractivity contribution in [2.24, 2.45) is 23.7 Å². The fourth-order valence-electron chi connectivity index (χ4n) is 4.88. The molecule has 0 spiro atoms. The minimum atomic E-state index is -3.24. The molecule has 4 nitrogen and oxygen atoms in total. The minimum absolute atomic E-state index is 0.205. The number of hydrogen-bond acceptors (Lipinski definition) is 3. The smallest absolute Gasteiger partial charge is 0.303 e. The van der Waals surface area contributed by atoms with Gasteiger partial charge in [-0.05, 0) is 74.3 Å². The number of allylic oxidation sites excluding steroid dienone is 2. The van der Waals surface area contributed by atoms with Gasteiger partial charge in [0.05, 0.1) is 10.6 Å². The van der Waals surface area contributed by atoms with Gasteiger partial charge in [-0.3, -0.25) is 4.79 Å². The fraction of sp³-hybridized carbons (Fsp3) is 0.571. The third kappa shape index (κ3) is 4.56. The number of benzene rings is 1. The van der Waals surface area contributed by atoms with Crippen molar-refractivity contribution in [3.8, 4) is 0 Å². The number of carboxylic acids is 1. The van der Waals surface area contributed by atoms with E-state index >= 15 is 0 Å². The number of carbonyl (C=O) groups is 1. The van der Waals surface area contributed by atoms with Crippen LogP contribution >= 0.6 is 0 Å². The highest BCUT2D eigenvalue weighted by atomic mass is 32.2. The van der Waals surface area contributed by atoms with Crippen molar-refractivity contribution in [2.45, 2.75) is 49.8 Å². The monoisotopic (exact) mass is 376 g/mol. The van der Waals surface area contributed by atoms with E-state index in [9.17, 15) is 13.2 Å². The summed E-state index contributed by atoms with van der Waals surface area (Å²) in [4.78, 5) is 11.0. The molecule has 5 heteroatoms. The van der Waals surface area contributed by atoms with Gasteiger partial charge in [0.2, 0.25) is 0 Å². The largest absolute Gasteiger partial charge is 0.481 e. The standard InChI is InChI=1S/C21H28O4S/c22-21(23)11-7-2-1-6-10-19-16-12-13-17(14-16)20(19)15-26(24,25)18-8-4-3-5-9-18/h1,3-6,8-9,16-17,19-20H,2,7,10-15H2,(H,22,23)/t16-,17+,19-,20+/m0/s1. The molecule has 3 rings (SSSR count). The average molecular weight is 377 g/mol. The zero-order valence-corrected chi connectivity index (χ0v) is 15.9. The van der Waals surface area contributed by atoms with E-state index in [4.69, 9.17) is 5.11 Å². The second-order valence-electron chi connectivity index (χ2n) is 7.75. The summed E-state index contributed by atoms with van der Waals surface area (Å²) in [6.07, 6.45) is 10.3. The summed E-state index contributed by atoms with van der Waals surface area (Å²) in [6.45, 7) is 0. The Balaban J connectivity index is 1.60. The van der Waals surface area contributed by atoms with E-state index in [0.29, 0.717) is 29.1 Å². The van der Waals surface area contributed by atoms with Crippen LogP contribution in [-0.4, -0.2) is 25.2 Å².